The lowest BCUT2D eigenvalue weighted by atomic mass is 9.70. The van der Waals surface area contributed by atoms with Gasteiger partial charge in [0, 0.05) is 12.1 Å². The Bertz CT molecular complexity index is 603. The predicted octanol–water partition coefficient (Wildman–Crippen LogP) is 1.14. The Labute approximate surface area is 117 Å². The Morgan fingerprint density at radius 2 is 1.65 bits per heavy atom. The van der Waals surface area contributed by atoms with E-state index in [1.54, 1.807) is 0 Å². The number of benzene rings is 1. The Morgan fingerprint density at radius 1 is 0.950 bits per heavy atom. The fourth-order valence-corrected chi connectivity index (χ4v) is 3.93. The summed E-state index contributed by atoms with van der Waals surface area (Å²) in [6.45, 7) is 0.891. The van der Waals surface area contributed by atoms with Crippen molar-refractivity contribution in [2.24, 2.45) is 0 Å². The van der Waals surface area contributed by atoms with E-state index in [4.69, 9.17) is 0 Å². The van der Waals surface area contributed by atoms with Crippen LogP contribution in [0.3, 0.4) is 0 Å². The standard InChI is InChI=1S/C15H17N3O2/c19-12-15(18-13(20)17-12)7-5-14(6-8-15)11-4-2-1-3-10(11)9-16-14/h1-4,16H,5-9H2,(H2,17,18,19,20). The zero-order valence-electron chi connectivity index (χ0n) is 11.2. The Balaban J connectivity index is 1.62. The molecular formula is C15H17N3O2. The molecular weight excluding hydrogens is 254 g/mol. The Kier molecular flexibility index (Phi) is 2.27. The van der Waals surface area contributed by atoms with Crippen LogP contribution in [0.1, 0.15) is 36.8 Å². The van der Waals surface area contributed by atoms with Crippen LogP contribution in [0, 0.1) is 0 Å². The van der Waals surface area contributed by atoms with Gasteiger partial charge >= 0.3 is 6.03 Å². The molecule has 1 aromatic rings. The van der Waals surface area contributed by atoms with Crippen molar-refractivity contribution in [3.05, 3.63) is 35.4 Å². The minimum atomic E-state index is -0.679. The number of amides is 3. The third-order valence-electron chi connectivity index (χ3n) is 5.12. The van der Waals surface area contributed by atoms with E-state index in [1.165, 1.54) is 11.1 Å². The molecule has 0 radical (unpaired) electrons. The van der Waals surface area contributed by atoms with Crippen LogP contribution < -0.4 is 16.0 Å². The molecule has 0 atom stereocenters. The summed E-state index contributed by atoms with van der Waals surface area (Å²) in [6.07, 6.45) is 3.12. The van der Waals surface area contributed by atoms with Gasteiger partial charge in [0.15, 0.2) is 0 Å². The van der Waals surface area contributed by atoms with Gasteiger partial charge in [-0.2, -0.15) is 0 Å². The van der Waals surface area contributed by atoms with Gasteiger partial charge in [-0.05, 0) is 36.8 Å². The Hall–Kier alpha value is -1.88. The highest BCUT2D eigenvalue weighted by Crippen LogP contribution is 2.46. The van der Waals surface area contributed by atoms with Gasteiger partial charge in [0.25, 0.3) is 5.91 Å². The first kappa shape index (κ1) is 11.9. The van der Waals surface area contributed by atoms with Crippen molar-refractivity contribution in [3.8, 4) is 0 Å². The zero-order valence-corrected chi connectivity index (χ0v) is 11.2. The van der Waals surface area contributed by atoms with Gasteiger partial charge in [-0.25, -0.2) is 4.79 Å². The number of carbonyl (C=O) groups is 2. The van der Waals surface area contributed by atoms with Crippen LogP contribution in [-0.4, -0.2) is 17.5 Å². The van der Waals surface area contributed by atoms with Crippen LogP contribution in [-0.2, 0) is 16.9 Å². The maximum absolute atomic E-state index is 12.0. The number of carbonyl (C=O) groups excluding carboxylic acids is 2. The lowest BCUT2D eigenvalue weighted by Gasteiger charge is -2.42. The molecule has 20 heavy (non-hydrogen) atoms. The maximum Gasteiger partial charge on any atom is 0.322 e. The first-order chi connectivity index (χ1) is 9.64. The van der Waals surface area contributed by atoms with E-state index in [2.05, 4.69) is 40.2 Å². The average molecular weight is 271 g/mol. The van der Waals surface area contributed by atoms with Gasteiger partial charge in [0.05, 0.1) is 0 Å². The van der Waals surface area contributed by atoms with E-state index in [-0.39, 0.29) is 17.5 Å². The Morgan fingerprint density at radius 3 is 2.35 bits per heavy atom. The molecule has 2 fully saturated rings. The van der Waals surface area contributed by atoms with Crippen LogP contribution in [0.15, 0.2) is 24.3 Å². The van der Waals surface area contributed by atoms with Gasteiger partial charge in [-0.1, -0.05) is 24.3 Å². The van der Waals surface area contributed by atoms with Crippen molar-refractivity contribution in [1.82, 2.24) is 16.0 Å². The lowest BCUT2D eigenvalue weighted by Crippen LogP contribution is -2.54. The molecule has 1 saturated carbocycles. The van der Waals surface area contributed by atoms with Crippen LogP contribution >= 0.6 is 0 Å². The number of imide groups is 1. The van der Waals surface area contributed by atoms with E-state index < -0.39 is 5.54 Å². The molecule has 104 valence electrons. The van der Waals surface area contributed by atoms with Crippen molar-refractivity contribution in [2.45, 2.75) is 43.3 Å². The number of hydrogen-bond acceptors (Lipinski definition) is 3. The zero-order chi connectivity index (χ0) is 13.8. The molecule has 3 amide bonds. The summed E-state index contributed by atoms with van der Waals surface area (Å²) in [4.78, 5) is 23.4. The maximum atomic E-state index is 12.0. The normalized spacial score (nSPS) is 35.2. The highest BCUT2D eigenvalue weighted by molar-refractivity contribution is 6.07. The molecule has 1 aromatic carbocycles. The van der Waals surface area contributed by atoms with Crippen molar-refractivity contribution in [3.63, 3.8) is 0 Å². The van der Waals surface area contributed by atoms with E-state index in [9.17, 15) is 9.59 Å². The minimum absolute atomic E-state index is 0.0184. The number of rotatable bonds is 0. The van der Waals surface area contributed by atoms with Gasteiger partial charge in [-0.15, -0.1) is 0 Å². The fourth-order valence-electron chi connectivity index (χ4n) is 3.93. The van der Waals surface area contributed by atoms with E-state index in [1.807, 2.05) is 0 Å². The van der Waals surface area contributed by atoms with Crippen molar-refractivity contribution < 1.29 is 9.59 Å². The average Bonchev–Trinajstić information content (AvgIpc) is 2.94. The molecule has 0 bridgehead atoms. The molecule has 1 aliphatic carbocycles. The highest BCUT2D eigenvalue weighted by atomic mass is 16.2. The highest BCUT2D eigenvalue weighted by Gasteiger charge is 2.53. The molecule has 4 rings (SSSR count). The van der Waals surface area contributed by atoms with E-state index >= 15 is 0 Å². The van der Waals surface area contributed by atoms with Crippen LogP contribution in [0.25, 0.3) is 0 Å². The molecule has 5 heteroatoms. The number of fused-ring (bicyclic) bond motifs is 2. The van der Waals surface area contributed by atoms with Crippen LogP contribution in [0.2, 0.25) is 0 Å². The number of hydrogen-bond donors (Lipinski definition) is 3. The lowest BCUT2D eigenvalue weighted by molar-refractivity contribution is -0.125. The first-order valence-electron chi connectivity index (χ1n) is 7.11. The molecule has 0 aromatic heterocycles. The summed E-state index contributed by atoms with van der Waals surface area (Å²) >= 11 is 0. The topological polar surface area (TPSA) is 70.2 Å². The molecule has 1 saturated heterocycles. The molecule has 3 N–H and O–H groups in total. The quantitative estimate of drug-likeness (QED) is 0.620. The SMILES string of the molecule is O=C1NC(=O)C2(CCC3(CC2)NCc2ccccc23)N1. The molecule has 0 unspecified atom stereocenters. The van der Waals surface area contributed by atoms with Crippen molar-refractivity contribution in [2.75, 3.05) is 0 Å². The van der Waals surface area contributed by atoms with Gasteiger partial charge < -0.3 is 10.6 Å². The minimum Gasteiger partial charge on any atom is -0.323 e. The smallest absolute Gasteiger partial charge is 0.322 e. The third-order valence-corrected chi connectivity index (χ3v) is 5.12. The summed E-state index contributed by atoms with van der Waals surface area (Å²) in [5.41, 5.74) is 2.01. The summed E-state index contributed by atoms with van der Waals surface area (Å²) in [7, 11) is 0. The van der Waals surface area contributed by atoms with Gasteiger partial charge in [0.1, 0.15) is 5.54 Å². The summed E-state index contributed by atoms with van der Waals surface area (Å²) in [5, 5.41) is 8.81. The second kappa shape index (κ2) is 3.82. The summed E-state index contributed by atoms with van der Waals surface area (Å²) < 4.78 is 0. The molecule has 2 spiro atoms. The molecule has 2 heterocycles. The van der Waals surface area contributed by atoms with Crippen LogP contribution in [0.5, 0.6) is 0 Å². The summed E-state index contributed by atoms with van der Waals surface area (Å²) in [6, 6.07) is 8.12. The van der Waals surface area contributed by atoms with E-state index in [0.717, 1.165) is 19.4 Å². The predicted molar refractivity (Wildman–Crippen MR) is 72.8 cm³/mol. The third kappa shape index (κ3) is 1.47. The van der Waals surface area contributed by atoms with Gasteiger partial charge in [0.2, 0.25) is 0 Å². The van der Waals surface area contributed by atoms with Crippen molar-refractivity contribution in [1.29, 1.82) is 0 Å². The largest absolute Gasteiger partial charge is 0.323 e. The van der Waals surface area contributed by atoms with Crippen molar-refractivity contribution >= 4 is 11.9 Å². The molecule has 5 nitrogen and oxygen atoms in total. The molecule has 2 aliphatic heterocycles. The molecule has 3 aliphatic rings. The van der Waals surface area contributed by atoms with Gasteiger partial charge in [-0.3, -0.25) is 10.1 Å². The van der Waals surface area contributed by atoms with E-state index in [0.29, 0.717) is 12.8 Å². The number of urea groups is 1. The number of nitrogens with one attached hydrogen (secondary N) is 3. The fraction of sp³-hybridized carbons (Fsp3) is 0.467. The second-order valence-electron chi connectivity index (χ2n) is 6.08. The monoisotopic (exact) mass is 271 g/mol. The summed E-state index contributed by atoms with van der Waals surface area (Å²) in [5.74, 6) is -0.163. The second-order valence-corrected chi connectivity index (χ2v) is 6.08. The van der Waals surface area contributed by atoms with Crippen LogP contribution in [0.4, 0.5) is 4.79 Å². The first-order valence-corrected chi connectivity index (χ1v) is 7.11.